The molecule has 2 rings (SSSR count). The quantitative estimate of drug-likeness (QED) is 0.708. The molecule has 1 saturated heterocycles. The van der Waals surface area contributed by atoms with E-state index in [1.54, 1.807) is 18.2 Å². The number of carbonyl (C=O) groups excluding carboxylic acids is 2. The smallest absolute Gasteiger partial charge is 0.222 e. The number of morpholine rings is 1. The summed E-state index contributed by atoms with van der Waals surface area (Å²) in [6, 6.07) is 6.54. The maximum Gasteiger partial charge on any atom is 0.222 e. The van der Waals surface area contributed by atoms with Crippen LogP contribution in [0.3, 0.4) is 0 Å². The van der Waals surface area contributed by atoms with Crippen molar-refractivity contribution >= 4 is 35.8 Å². The number of nitrogens with two attached hydrogens (primary N) is 1. The highest BCUT2D eigenvalue weighted by Crippen LogP contribution is 2.20. The van der Waals surface area contributed by atoms with Gasteiger partial charge in [-0.3, -0.25) is 9.59 Å². The van der Waals surface area contributed by atoms with Crippen LogP contribution >= 0.6 is 24.0 Å². The van der Waals surface area contributed by atoms with Crippen molar-refractivity contribution in [1.29, 1.82) is 0 Å². The summed E-state index contributed by atoms with van der Waals surface area (Å²) in [5.74, 6) is -0.640. The minimum absolute atomic E-state index is 0. The van der Waals surface area contributed by atoms with Crippen LogP contribution in [-0.2, 0) is 14.3 Å². The van der Waals surface area contributed by atoms with Crippen molar-refractivity contribution in [2.45, 2.75) is 24.9 Å². The highest BCUT2D eigenvalue weighted by molar-refractivity contribution is 6.30. The standard InChI is InChI=1S/C15H20ClN3O3.ClH/c16-11-3-1-2-10(6-11)13(8-14(17)20)19-15(21)7-12-9-22-5-4-18-12;/h1-3,6,12-13,18H,4-5,7-9H2,(H2,17,20)(H,19,21);1H/t12?,13-;/m1./s1. The van der Waals surface area contributed by atoms with Crippen molar-refractivity contribution in [3.05, 3.63) is 34.9 Å². The number of carbonyl (C=O) groups is 2. The zero-order valence-corrected chi connectivity index (χ0v) is 14.2. The third kappa shape index (κ3) is 6.74. The van der Waals surface area contributed by atoms with E-state index in [1.807, 2.05) is 6.07 Å². The van der Waals surface area contributed by atoms with Gasteiger partial charge in [0.2, 0.25) is 11.8 Å². The lowest BCUT2D eigenvalue weighted by Gasteiger charge is -2.25. The Hall–Kier alpha value is -1.34. The monoisotopic (exact) mass is 361 g/mol. The first-order valence-electron chi connectivity index (χ1n) is 7.19. The van der Waals surface area contributed by atoms with Crippen LogP contribution in [-0.4, -0.2) is 37.6 Å². The molecule has 1 aliphatic heterocycles. The molecule has 0 saturated carbocycles. The van der Waals surface area contributed by atoms with Gasteiger partial charge in [-0.25, -0.2) is 0 Å². The number of amides is 2. The van der Waals surface area contributed by atoms with Crippen molar-refractivity contribution < 1.29 is 14.3 Å². The molecule has 1 heterocycles. The number of hydrogen-bond donors (Lipinski definition) is 3. The number of benzene rings is 1. The molecule has 0 aromatic heterocycles. The molecular formula is C15H21Cl2N3O3. The Morgan fingerprint density at radius 1 is 1.48 bits per heavy atom. The predicted octanol–water partition coefficient (Wildman–Crippen LogP) is 1.17. The van der Waals surface area contributed by atoms with Crippen LogP contribution in [0.5, 0.6) is 0 Å². The summed E-state index contributed by atoms with van der Waals surface area (Å²) in [6.07, 6.45) is 0.316. The number of ether oxygens (including phenoxy) is 1. The van der Waals surface area contributed by atoms with Gasteiger partial charge >= 0.3 is 0 Å². The van der Waals surface area contributed by atoms with E-state index in [1.165, 1.54) is 0 Å². The second kappa shape index (κ2) is 9.72. The molecular weight excluding hydrogens is 341 g/mol. The van der Waals surface area contributed by atoms with Gasteiger partial charge in [-0.1, -0.05) is 23.7 Å². The molecule has 0 aliphatic carbocycles. The van der Waals surface area contributed by atoms with Gasteiger partial charge in [-0.2, -0.15) is 0 Å². The Morgan fingerprint density at radius 3 is 2.87 bits per heavy atom. The first-order valence-corrected chi connectivity index (χ1v) is 7.56. The number of rotatable bonds is 6. The van der Waals surface area contributed by atoms with E-state index in [9.17, 15) is 9.59 Å². The van der Waals surface area contributed by atoms with Crippen LogP contribution in [0.4, 0.5) is 0 Å². The van der Waals surface area contributed by atoms with Crippen molar-refractivity contribution in [2.75, 3.05) is 19.8 Å². The first kappa shape index (κ1) is 19.7. The normalized spacial score (nSPS) is 18.6. The molecule has 0 radical (unpaired) electrons. The molecule has 0 spiro atoms. The first-order chi connectivity index (χ1) is 10.5. The lowest BCUT2D eigenvalue weighted by Crippen LogP contribution is -2.44. The predicted molar refractivity (Wildman–Crippen MR) is 90.6 cm³/mol. The van der Waals surface area contributed by atoms with Gasteiger partial charge in [0.1, 0.15) is 0 Å². The molecule has 1 aliphatic rings. The Kier molecular flexibility index (Phi) is 8.33. The molecule has 8 heteroatoms. The second-order valence-electron chi connectivity index (χ2n) is 5.28. The molecule has 1 aromatic rings. The Balaban J connectivity index is 0.00000264. The molecule has 1 aromatic carbocycles. The van der Waals surface area contributed by atoms with Gasteiger partial charge in [0.15, 0.2) is 0 Å². The summed E-state index contributed by atoms with van der Waals surface area (Å²) >= 11 is 5.96. The molecule has 23 heavy (non-hydrogen) atoms. The molecule has 4 N–H and O–H groups in total. The molecule has 2 amide bonds. The average molecular weight is 362 g/mol. The van der Waals surface area contributed by atoms with E-state index < -0.39 is 11.9 Å². The van der Waals surface area contributed by atoms with E-state index in [4.69, 9.17) is 22.1 Å². The molecule has 6 nitrogen and oxygen atoms in total. The van der Waals surface area contributed by atoms with Gasteiger partial charge in [-0.15, -0.1) is 12.4 Å². The van der Waals surface area contributed by atoms with Crippen LogP contribution in [0.2, 0.25) is 5.02 Å². The highest BCUT2D eigenvalue weighted by atomic mass is 35.5. The maximum atomic E-state index is 12.2. The van der Waals surface area contributed by atoms with Gasteiger partial charge in [0.05, 0.1) is 25.7 Å². The minimum atomic E-state index is -0.482. The van der Waals surface area contributed by atoms with E-state index in [2.05, 4.69) is 10.6 Å². The van der Waals surface area contributed by atoms with Gasteiger partial charge in [0, 0.05) is 24.0 Å². The minimum Gasteiger partial charge on any atom is -0.378 e. The molecule has 2 atom stereocenters. The third-order valence-electron chi connectivity index (χ3n) is 3.42. The van der Waals surface area contributed by atoms with Gasteiger partial charge < -0.3 is 21.1 Å². The molecule has 0 bridgehead atoms. The molecule has 1 fully saturated rings. The summed E-state index contributed by atoms with van der Waals surface area (Å²) in [4.78, 5) is 23.4. The summed E-state index contributed by atoms with van der Waals surface area (Å²) < 4.78 is 5.32. The Bertz CT molecular complexity index is 536. The number of halogens is 2. The fourth-order valence-corrected chi connectivity index (χ4v) is 2.60. The summed E-state index contributed by atoms with van der Waals surface area (Å²) in [5.41, 5.74) is 6.03. The topological polar surface area (TPSA) is 93.5 Å². The highest BCUT2D eigenvalue weighted by Gasteiger charge is 2.21. The SMILES string of the molecule is Cl.NC(=O)C[C@@H](NC(=O)CC1COCCN1)c1cccc(Cl)c1. The number of nitrogens with one attached hydrogen (secondary N) is 2. The van der Waals surface area contributed by atoms with Crippen LogP contribution in [0.15, 0.2) is 24.3 Å². The third-order valence-corrected chi connectivity index (χ3v) is 3.66. The largest absolute Gasteiger partial charge is 0.378 e. The zero-order valence-electron chi connectivity index (χ0n) is 12.6. The summed E-state index contributed by atoms with van der Waals surface area (Å²) in [7, 11) is 0. The zero-order chi connectivity index (χ0) is 15.9. The van der Waals surface area contributed by atoms with E-state index in [0.29, 0.717) is 18.2 Å². The summed E-state index contributed by atoms with van der Waals surface area (Å²) in [5, 5.41) is 6.60. The van der Waals surface area contributed by atoms with Crippen LogP contribution in [0.25, 0.3) is 0 Å². The summed E-state index contributed by atoms with van der Waals surface area (Å²) in [6.45, 7) is 1.90. The van der Waals surface area contributed by atoms with Crippen LogP contribution < -0.4 is 16.4 Å². The van der Waals surface area contributed by atoms with E-state index in [-0.39, 0.29) is 37.2 Å². The van der Waals surface area contributed by atoms with Crippen molar-refractivity contribution in [3.63, 3.8) is 0 Å². The van der Waals surface area contributed by atoms with E-state index in [0.717, 1.165) is 12.1 Å². The second-order valence-corrected chi connectivity index (χ2v) is 5.71. The fraction of sp³-hybridized carbons (Fsp3) is 0.467. The average Bonchev–Trinajstić information content (AvgIpc) is 2.47. The van der Waals surface area contributed by atoms with Crippen molar-refractivity contribution in [1.82, 2.24) is 10.6 Å². The molecule has 128 valence electrons. The number of hydrogen-bond acceptors (Lipinski definition) is 4. The van der Waals surface area contributed by atoms with Crippen molar-refractivity contribution in [3.8, 4) is 0 Å². The van der Waals surface area contributed by atoms with Crippen LogP contribution in [0.1, 0.15) is 24.4 Å². The lowest BCUT2D eigenvalue weighted by atomic mass is 10.0. The van der Waals surface area contributed by atoms with E-state index >= 15 is 0 Å². The Labute approximate surface area is 146 Å². The Morgan fingerprint density at radius 2 is 2.26 bits per heavy atom. The molecule has 1 unspecified atom stereocenters. The fourth-order valence-electron chi connectivity index (χ4n) is 2.40. The van der Waals surface area contributed by atoms with Gasteiger partial charge in [-0.05, 0) is 17.7 Å². The lowest BCUT2D eigenvalue weighted by molar-refractivity contribution is -0.123. The maximum absolute atomic E-state index is 12.2. The van der Waals surface area contributed by atoms with Crippen molar-refractivity contribution in [2.24, 2.45) is 5.73 Å². The van der Waals surface area contributed by atoms with Crippen LogP contribution in [0, 0.1) is 0 Å². The van der Waals surface area contributed by atoms with Gasteiger partial charge in [0.25, 0.3) is 0 Å². The number of primary amides is 1.